The number of β-amino-alcohol motifs (C(OH)–C–C–N with tert-alkyl or cyclic N) is 1. The van der Waals surface area contributed by atoms with Crippen LogP contribution in [0, 0.1) is 0 Å². The molecule has 3 aliphatic heterocycles. The molecule has 1 aromatic carbocycles. The number of ether oxygens (including phenoxy) is 1. The third-order valence-electron chi connectivity index (χ3n) is 5.36. The van der Waals surface area contributed by atoms with Crippen LogP contribution in [0.2, 0.25) is 0 Å². The van der Waals surface area contributed by atoms with Gasteiger partial charge in [-0.1, -0.05) is 18.2 Å². The van der Waals surface area contributed by atoms with Gasteiger partial charge in [0.2, 0.25) is 0 Å². The number of benzene rings is 1. The normalized spacial score (nSPS) is 26.8. The fourth-order valence-electron chi connectivity index (χ4n) is 3.94. The zero-order valence-electron chi connectivity index (χ0n) is 14.1. The second-order valence-electron chi connectivity index (χ2n) is 7.07. The molecule has 1 N–H and O–H groups in total. The standard InChI is InChI=1S/C18H23N3O4/c22-16-15-12-19(13-18(24)6-10-25-11-7-18)8-9-20(15)17(23)21(16)14-4-2-1-3-5-14/h1-5,15,24H,6-13H2. The molecular formula is C18H23N3O4. The Bertz CT molecular complexity index is 660. The Balaban J connectivity index is 1.48. The third-order valence-corrected chi connectivity index (χ3v) is 5.36. The molecule has 7 nitrogen and oxygen atoms in total. The number of amides is 3. The molecule has 4 rings (SSSR count). The lowest BCUT2D eigenvalue weighted by Crippen LogP contribution is -2.57. The van der Waals surface area contributed by atoms with Crippen LogP contribution in [0.4, 0.5) is 10.5 Å². The third kappa shape index (κ3) is 3.03. The van der Waals surface area contributed by atoms with E-state index in [-0.39, 0.29) is 11.9 Å². The molecule has 1 unspecified atom stereocenters. The maximum Gasteiger partial charge on any atom is 0.332 e. The summed E-state index contributed by atoms with van der Waals surface area (Å²) in [6.07, 6.45) is 1.22. The number of urea groups is 1. The highest BCUT2D eigenvalue weighted by molar-refractivity contribution is 6.21. The van der Waals surface area contributed by atoms with Crippen LogP contribution < -0.4 is 4.90 Å². The van der Waals surface area contributed by atoms with E-state index in [4.69, 9.17) is 4.74 Å². The number of imide groups is 1. The van der Waals surface area contributed by atoms with Crippen LogP contribution in [0.3, 0.4) is 0 Å². The van der Waals surface area contributed by atoms with Gasteiger partial charge >= 0.3 is 6.03 Å². The zero-order valence-corrected chi connectivity index (χ0v) is 14.1. The number of carbonyl (C=O) groups is 2. The summed E-state index contributed by atoms with van der Waals surface area (Å²) in [6.45, 7) is 3.30. The first kappa shape index (κ1) is 16.5. The van der Waals surface area contributed by atoms with Gasteiger partial charge in [0, 0.05) is 52.2 Å². The van der Waals surface area contributed by atoms with Crippen molar-refractivity contribution >= 4 is 17.6 Å². The molecule has 25 heavy (non-hydrogen) atoms. The topological polar surface area (TPSA) is 73.3 Å². The van der Waals surface area contributed by atoms with Gasteiger partial charge in [-0.25, -0.2) is 9.69 Å². The Morgan fingerprint density at radius 3 is 2.56 bits per heavy atom. The van der Waals surface area contributed by atoms with Crippen molar-refractivity contribution in [3.63, 3.8) is 0 Å². The first-order valence-corrected chi connectivity index (χ1v) is 8.80. The molecule has 3 aliphatic rings. The van der Waals surface area contributed by atoms with E-state index in [1.54, 1.807) is 17.0 Å². The predicted molar refractivity (Wildman–Crippen MR) is 91.3 cm³/mol. The molecule has 7 heteroatoms. The first-order chi connectivity index (χ1) is 12.1. The van der Waals surface area contributed by atoms with Crippen LogP contribution in [0.25, 0.3) is 0 Å². The maximum absolute atomic E-state index is 12.8. The van der Waals surface area contributed by atoms with Crippen LogP contribution in [0.1, 0.15) is 12.8 Å². The van der Waals surface area contributed by atoms with Gasteiger partial charge in [-0.3, -0.25) is 9.69 Å². The van der Waals surface area contributed by atoms with Crippen LogP contribution in [0.15, 0.2) is 30.3 Å². The summed E-state index contributed by atoms with van der Waals surface area (Å²) < 4.78 is 5.33. The summed E-state index contributed by atoms with van der Waals surface area (Å²) in [4.78, 5) is 30.5. The van der Waals surface area contributed by atoms with Crippen molar-refractivity contribution in [1.29, 1.82) is 0 Å². The molecule has 1 aromatic rings. The number of fused-ring (bicyclic) bond motifs is 1. The van der Waals surface area contributed by atoms with Crippen LogP contribution in [-0.4, -0.2) is 77.9 Å². The number of hydrogen-bond donors (Lipinski definition) is 1. The van der Waals surface area contributed by atoms with E-state index in [9.17, 15) is 14.7 Å². The fourth-order valence-corrected chi connectivity index (χ4v) is 3.94. The molecular weight excluding hydrogens is 322 g/mol. The Morgan fingerprint density at radius 1 is 1.12 bits per heavy atom. The van der Waals surface area contributed by atoms with E-state index >= 15 is 0 Å². The first-order valence-electron chi connectivity index (χ1n) is 8.80. The molecule has 3 fully saturated rings. The molecule has 134 valence electrons. The lowest BCUT2D eigenvalue weighted by atomic mass is 9.93. The minimum Gasteiger partial charge on any atom is -0.388 e. The summed E-state index contributed by atoms with van der Waals surface area (Å²) >= 11 is 0. The average Bonchev–Trinajstić information content (AvgIpc) is 2.86. The van der Waals surface area contributed by atoms with Crippen molar-refractivity contribution in [3.8, 4) is 0 Å². The molecule has 3 saturated heterocycles. The van der Waals surface area contributed by atoms with Crippen molar-refractivity contribution in [2.45, 2.75) is 24.5 Å². The highest BCUT2D eigenvalue weighted by Gasteiger charge is 2.49. The second-order valence-corrected chi connectivity index (χ2v) is 7.07. The summed E-state index contributed by atoms with van der Waals surface area (Å²) in [7, 11) is 0. The monoisotopic (exact) mass is 345 g/mol. The van der Waals surface area contributed by atoms with Gasteiger partial charge in [0.25, 0.3) is 5.91 Å². The molecule has 3 heterocycles. The lowest BCUT2D eigenvalue weighted by Gasteiger charge is -2.41. The Morgan fingerprint density at radius 2 is 1.84 bits per heavy atom. The van der Waals surface area contributed by atoms with Crippen molar-refractivity contribution in [2.24, 2.45) is 0 Å². The van der Waals surface area contributed by atoms with E-state index in [0.717, 1.165) is 0 Å². The number of hydrogen-bond acceptors (Lipinski definition) is 5. The number of rotatable bonds is 3. The number of para-hydroxylation sites is 1. The Labute approximate surface area is 146 Å². The van der Waals surface area contributed by atoms with Gasteiger partial charge in [-0.05, 0) is 12.1 Å². The van der Waals surface area contributed by atoms with E-state index in [1.165, 1.54) is 4.90 Å². The van der Waals surface area contributed by atoms with Gasteiger partial charge in [-0.15, -0.1) is 0 Å². The van der Waals surface area contributed by atoms with Gasteiger partial charge in [0.15, 0.2) is 0 Å². The van der Waals surface area contributed by atoms with Crippen molar-refractivity contribution in [1.82, 2.24) is 9.80 Å². The molecule has 3 amide bonds. The maximum atomic E-state index is 12.8. The van der Waals surface area contributed by atoms with E-state index in [1.807, 2.05) is 18.2 Å². The second kappa shape index (κ2) is 6.40. The highest BCUT2D eigenvalue weighted by Crippen LogP contribution is 2.29. The fraction of sp³-hybridized carbons (Fsp3) is 0.556. The van der Waals surface area contributed by atoms with E-state index in [0.29, 0.717) is 57.9 Å². The molecule has 0 bridgehead atoms. The minimum absolute atomic E-state index is 0.181. The van der Waals surface area contributed by atoms with Crippen LogP contribution in [0.5, 0.6) is 0 Å². The number of anilines is 1. The van der Waals surface area contributed by atoms with Crippen LogP contribution in [-0.2, 0) is 9.53 Å². The van der Waals surface area contributed by atoms with Crippen LogP contribution >= 0.6 is 0 Å². The van der Waals surface area contributed by atoms with Gasteiger partial charge in [-0.2, -0.15) is 0 Å². The smallest absolute Gasteiger partial charge is 0.332 e. The Hall–Kier alpha value is -1.96. The number of carbonyl (C=O) groups excluding carboxylic acids is 2. The van der Waals surface area contributed by atoms with Gasteiger partial charge in [0.1, 0.15) is 6.04 Å². The molecule has 0 saturated carbocycles. The molecule has 0 radical (unpaired) electrons. The molecule has 1 atom stereocenters. The summed E-state index contributed by atoms with van der Waals surface area (Å²) in [5.41, 5.74) is -0.146. The summed E-state index contributed by atoms with van der Waals surface area (Å²) in [5.74, 6) is -0.181. The number of piperazine rings is 1. The van der Waals surface area contributed by atoms with Crippen molar-refractivity contribution < 1.29 is 19.4 Å². The highest BCUT2D eigenvalue weighted by atomic mass is 16.5. The van der Waals surface area contributed by atoms with Crippen molar-refractivity contribution in [2.75, 3.05) is 44.3 Å². The largest absolute Gasteiger partial charge is 0.388 e. The average molecular weight is 345 g/mol. The number of aliphatic hydroxyl groups is 1. The molecule has 0 aliphatic carbocycles. The van der Waals surface area contributed by atoms with E-state index < -0.39 is 11.6 Å². The minimum atomic E-state index is -0.759. The number of nitrogens with zero attached hydrogens (tertiary/aromatic N) is 3. The zero-order chi connectivity index (χ0) is 17.4. The lowest BCUT2D eigenvalue weighted by molar-refractivity contribution is -0.122. The predicted octanol–water partition coefficient (Wildman–Crippen LogP) is 0.681. The van der Waals surface area contributed by atoms with Gasteiger partial charge in [0.05, 0.1) is 11.3 Å². The quantitative estimate of drug-likeness (QED) is 0.816. The summed E-state index contributed by atoms with van der Waals surface area (Å²) in [6, 6.07) is 8.34. The SMILES string of the molecule is O=C1C2CN(CC3(O)CCOCC3)CCN2C(=O)N1c1ccccc1. The molecule has 0 spiro atoms. The summed E-state index contributed by atoms with van der Waals surface area (Å²) in [5, 5.41) is 10.7. The molecule has 0 aromatic heterocycles. The van der Waals surface area contributed by atoms with Crippen molar-refractivity contribution in [3.05, 3.63) is 30.3 Å². The Kier molecular flexibility index (Phi) is 4.23. The van der Waals surface area contributed by atoms with E-state index in [2.05, 4.69) is 4.90 Å². The van der Waals surface area contributed by atoms with Gasteiger partial charge < -0.3 is 14.7 Å².